The molecule has 2 rings (SSSR count). The Balaban J connectivity index is 2.35. The van der Waals surface area contributed by atoms with Gasteiger partial charge in [-0.15, -0.1) is 0 Å². The van der Waals surface area contributed by atoms with Crippen molar-refractivity contribution < 1.29 is 4.79 Å². The number of fused-ring (bicyclic) bond motifs is 1. The molecule has 15 heavy (non-hydrogen) atoms. The van der Waals surface area contributed by atoms with Gasteiger partial charge in [0.05, 0.1) is 18.8 Å². The van der Waals surface area contributed by atoms with Gasteiger partial charge in [-0.3, -0.25) is 14.2 Å². The van der Waals surface area contributed by atoms with Crippen LogP contribution in [0.5, 0.6) is 0 Å². The van der Waals surface area contributed by atoms with E-state index in [1.54, 1.807) is 29.2 Å². The van der Waals surface area contributed by atoms with Gasteiger partial charge >= 0.3 is 0 Å². The lowest BCUT2D eigenvalue weighted by molar-refractivity contribution is -0.117. The molecule has 2 heterocycles. The van der Waals surface area contributed by atoms with Gasteiger partial charge in [0.25, 0.3) is 0 Å². The maximum Gasteiger partial charge on any atom is 0.229 e. The Morgan fingerprint density at radius 1 is 1.53 bits per heavy atom. The quantitative estimate of drug-likeness (QED) is 0.656. The maximum atomic E-state index is 10.5. The number of imidazole rings is 1. The first-order valence-corrected chi connectivity index (χ1v) is 4.31. The molecule has 0 unspecified atom stereocenters. The zero-order valence-electron chi connectivity index (χ0n) is 7.84. The second-order valence-corrected chi connectivity index (χ2v) is 2.89. The van der Waals surface area contributed by atoms with Crippen LogP contribution in [0.4, 0.5) is 0 Å². The number of primary amides is 1. The van der Waals surface area contributed by atoms with Crippen LogP contribution in [0.2, 0.25) is 0 Å². The summed E-state index contributed by atoms with van der Waals surface area (Å²) >= 11 is 0. The Kier molecular flexibility index (Phi) is 2.33. The average molecular weight is 200 g/mol. The van der Waals surface area contributed by atoms with Crippen LogP contribution in [0.1, 0.15) is 12.1 Å². The van der Waals surface area contributed by atoms with Crippen molar-refractivity contribution in [2.75, 3.05) is 0 Å². The fourth-order valence-corrected chi connectivity index (χ4v) is 1.16. The Morgan fingerprint density at radius 2 is 2.40 bits per heavy atom. The summed E-state index contributed by atoms with van der Waals surface area (Å²) in [5.74, 6) is 5.06. The predicted octanol–water partition coefficient (Wildman–Crippen LogP) is -0.0438. The monoisotopic (exact) mass is 200 g/mol. The first-order valence-electron chi connectivity index (χ1n) is 4.31. The lowest BCUT2D eigenvalue weighted by Crippen LogP contribution is -2.08. The van der Waals surface area contributed by atoms with E-state index >= 15 is 0 Å². The van der Waals surface area contributed by atoms with Crippen LogP contribution in [-0.4, -0.2) is 20.3 Å². The highest BCUT2D eigenvalue weighted by Crippen LogP contribution is 2.02. The predicted molar refractivity (Wildman–Crippen MR) is 53.7 cm³/mol. The van der Waals surface area contributed by atoms with Gasteiger partial charge < -0.3 is 5.73 Å². The third-order valence-electron chi connectivity index (χ3n) is 1.80. The fraction of sp³-hybridized carbons (Fsp3) is 0.100. The third kappa shape index (κ3) is 1.94. The van der Waals surface area contributed by atoms with Crippen molar-refractivity contribution in [2.45, 2.75) is 6.42 Å². The molecule has 0 aromatic carbocycles. The molecule has 0 saturated heterocycles. The van der Waals surface area contributed by atoms with Crippen molar-refractivity contribution in [1.29, 1.82) is 0 Å². The number of rotatable bonds is 1. The van der Waals surface area contributed by atoms with Crippen LogP contribution in [0, 0.1) is 11.8 Å². The summed E-state index contributed by atoms with van der Waals surface area (Å²) in [4.78, 5) is 18.5. The fourth-order valence-electron chi connectivity index (χ4n) is 1.16. The molecule has 5 heteroatoms. The molecule has 2 aromatic rings. The van der Waals surface area contributed by atoms with Crippen molar-refractivity contribution in [1.82, 2.24) is 14.4 Å². The number of carbonyl (C=O) groups excluding carboxylic acids is 1. The van der Waals surface area contributed by atoms with Gasteiger partial charge in [0.2, 0.25) is 5.91 Å². The zero-order chi connectivity index (χ0) is 10.7. The van der Waals surface area contributed by atoms with Crippen molar-refractivity contribution in [3.8, 4) is 11.8 Å². The van der Waals surface area contributed by atoms with Crippen molar-refractivity contribution in [3.63, 3.8) is 0 Å². The Bertz CT molecular complexity index is 561. The third-order valence-corrected chi connectivity index (χ3v) is 1.80. The van der Waals surface area contributed by atoms with E-state index < -0.39 is 5.91 Å². The number of carbonyl (C=O) groups is 1. The molecule has 0 aliphatic carbocycles. The lowest BCUT2D eigenvalue weighted by atomic mass is 10.4. The van der Waals surface area contributed by atoms with Gasteiger partial charge in [0.15, 0.2) is 5.65 Å². The van der Waals surface area contributed by atoms with E-state index in [4.69, 9.17) is 5.73 Å². The van der Waals surface area contributed by atoms with Gasteiger partial charge in [-0.2, -0.15) is 0 Å². The molecule has 0 aliphatic rings. The number of hydrogen-bond acceptors (Lipinski definition) is 3. The van der Waals surface area contributed by atoms with Crippen molar-refractivity contribution >= 4 is 11.6 Å². The van der Waals surface area contributed by atoms with Crippen LogP contribution in [0.15, 0.2) is 24.8 Å². The molecule has 0 saturated carbocycles. The largest absolute Gasteiger partial charge is 0.369 e. The maximum absolute atomic E-state index is 10.5. The molecular weight excluding hydrogens is 192 g/mol. The standard InChI is InChI=1S/C10H8N4O/c11-9(15)3-1-2-8-6-13-10-7-12-4-5-14(8)10/h4-7H,3H2,(H2,11,15). The molecule has 0 aliphatic heterocycles. The molecule has 0 fully saturated rings. The molecule has 5 nitrogen and oxygen atoms in total. The van der Waals surface area contributed by atoms with Gasteiger partial charge in [-0.1, -0.05) is 5.92 Å². The van der Waals surface area contributed by atoms with Crippen LogP contribution < -0.4 is 5.73 Å². The molecule has 0 spiro atoms. The summed E-state index contributed by atoms with van der Waals surface area (Å²) in [6, 6.07) is 0. The summed E-state index contributed by atoms with van der Waals surface area (Å²) in [5, 5.41) is 0. The van der Waals surface area contributed by atoms with Crippen LogP contribution >= 0.6 is 0 Å². The van der Waals surface area contributed by atoms with Gasteiger partial charge in [-0.05, 0) is 5.92 Å². The lowest BCUT2D eigenvalue weighted by Gasteiger charge is -1.91. The van der Waals surface area contributed by atoms with Crippen molar-refractivity contribution in [3.05, 3.63) is 30.5 Å². The summed E-state index contributed by atoms with van der Waals surface area (Å²) in [6.07, 6.45) is 6.73. The van der Waals surface area contributed by atoms with Crippen LogP contribution in [-0.2, 0) is 4.79 Å². The van der Waals surface area contributed by atoms with Crippen molar-refractivity contribution in [2.24, 2.45) is 5.73 Å². The normalized spacial score (nSPS) is 9.60. The number of nitrogens with two attached hydrogens (primary N) is 1. The van der Waals surface area contributed by atoms with Gasteiger partial charge in [0.1, 0.15) is 5.69 Å². The molecular formula is C10H8N4O. The molecule has 74 valence electrons. The summed E-state index contributed by atoms with van der Waals surface area (Å²) in [7, 11) is 0. The highest BCUT2D eigenvalue weighted by Gasteiger charge is 1.98. The minimum Gasteiger partial charge on any atom is -0.369 e. The SMILES string of the molecule is NC(=O)CC#Cc1cnc2cnccn12. The van der Waals surface area contributed by atoms with Crippen LogP contribution in [0.3, 0.4) is 0 Å². The van der Waals surface area contributed by atoms with Gasteiger partial charge in [-0.25, -0.2) is 4.98 Å². The Labute approximate surface area is 85.9 Å². The molecule has 0 atom stereocenters. The molecule has 2 aromatic heterocycles. The van der Waals surface area contributed by atoms with E-state index in [0.717, 1.165) is 5.65 Å². The van der Waals surface area contributed by atoms with E-state index in [1.165, 1.54) is 0 Å². The molecule has 0 bridgehead atoms. The first-order chi connectivity index (χ1) is 7.27. The second kappa shape index (κ2) is 3.80. The Hall–Kier alpha value is -2.35. The van der Waals surface area contributed by atoms with Gasteiger partial charge in [0, 0.05) is 12.4 Å². The van der Waals surface area contributed by atoms with E-state index in [0.29, 0.717) is 5.69 Å². The smallest absolute Gasteiger partial charge is 0.229 e. The summed E-state index contributed by atoms with van der Waals surface area (Å²) < 4.78 is 1.79. The van der Waals surface area contributed by atoms with E-state index in [1.807, 2.05) is 0 Å². The zero-order valence-corrected chi connectivity index (χ0v) is 7.84. The Morgan fingerprint density at radius 3 is 3.20 bits per heavy atom. The van der Waals surface area contributed by atoms with E-state index in [-0.39, 0.29) is 6.42 Å². The number of amides is 1. The number of hydrogen-bond donors (Lipinski definition) is 1. The minimum atomic E-state index is -0.432. The molecule has 0 radical (unpaired) electrons. The number of nitrogens with zero attached hydrogens (tertiary/aromatic N) is 3. The minimum absolute atomic E-state index is 0.0539. The average Bonchev–Trinajstić information content (AvgIpc) is 2.62. The first kappa shape index (κ1) is 9.21. The highest BCUT2D eigenvalue weighted by molar-refractivity contribution is 5.76. The molecule has 2 N–H and O–H groups in total. The second-order valence-electron chi connectivity index (χ2n) is 2.89. The summed E-state index contributed by atoms with van der Waals surface area (Å²) in [6.45, 7) is 0. The summed E-state index contributed by atoms with van der Waals surface area (Å²) in [5.41, 5.74) is 6.41. The topological polar surface area (TPSA) is 73.3 Å². The highest BCUT2D eigenvalue weighted by atomic mass is 16.1. The van der Waals surface area contributed by atoms with Crippen LogP contribution in [0.25, 0.3) is 5.65 Å². The van der Waals surface area contributed by atoms with E-state index in [2.05, 4.69) is 21.8 Å². The number of aromatic nitrogens is 3. The van der Waals surface area contributed by atoms with E-state index in [9.17, 15) is 4.79 Å². The molecule has 1 amide bonds.